The molecule has 1 aromatic carbocycles. The fraction of sp³-hybridized carbons (Fsp3) is 0.391. The molecule has 0 unspecified atom stereocenters. The number of hydrogen-bond donors (Lipinski definition) is 1. The van der Waals surface area contributed by atoms with Gasteiger partial charge in [0.25, 0.3) is 0 Å². The van der Waals surface area contributed by atoms with Crippen molar-refractivity contribution in [3.8, 4) is 22.8 Å². The molecule has 1 fully saturated rings. The zero-order chi connectivity index (χ0) is 24.5. The minimum Gasteiger partial charge on any atom is -0.493 e. The maximum absolute atomic E-state index is 13.5. The minimum absolute atomic E-state index is 0.0436. The van der Waals surface area contributed by atoms with E-state index in [2.05, 4.69) is 30.9 Å². The molecule has 2 heterocycles. The van der Waals surface area contributed by atoms with Gasteiger partial charge in [0.2, 0.25) is 5.92 Å². The second-order valence-corrected chi connectivity index (χ2v) is 8.86. The summed E-state index contributed by atoms with van der Waals surface area (Å²) in [7, 11) is 1.47. The zero-order valence-corrected chi connectivity index (χ0v) is 19.6. The summed E-state index contributed by atoms with van der Waals surface area (Å²) in [4.78, 5) is 11.5. The second-order valence-electron chi connectivity index (χ2n) is 8.11. The van der Waals surface area contributed by atoms with E-state index in [-0.39, 0.29) is 25.4 Å². The summed E-state index contributed by atoms with van der Waals surface area (Å²) in [6.07, 6.45) is -3.27. The van der Waals surface area contributed by atoms with Gasteiger partial charge in [0.05, 0.1) is 24.1 Å². The molecular formula is C23H21BrF5N3O2. The Kier molecular flexibility index (Phi) is 6.84. The van der Waals surface area contributed by atoms with E-state index in [1.165, 1.54) is 13.2 Å². The quantitative estimate of drug-likeness (QED) is 0.334. The first-order chi connectivity index (χ1) is 16.1. The van der Waals surface area contributed by atoms with Crippen LogP contribution in [0, 0.1) is 0 Å². The van der Waals surface area contributed by atoms with E-state index < -0.39 is 17.7 Å². The van der Waals surface area contributed by atoms with Crippen LogP contribution in [-0.2, 0) is 12.8 Å². The van der Waals surface area contributed by atoms with Gasteiger partial charge in [-0.2, -0.15) is 13.2 Å². The Morgan fingerprint density at radius 3 is 2.47 bits per heavy atom. The van der Waals surface area contributed by atoms with E-state index in [9.17, 15) is 22.0 Å². The highest BCUT2D eigenvalue weighted by atomic mass is 79.9. The molecule has 4 rings (SSSR count). The van der Waals surface area contributed by atoms with Crippen LogP contribution in [0.25, 0.3) is 11.3 Å². The maximum Gasteiger partial charge on any atom is 0.417 e. The van der Waals surface area contributed by atoms with Gasteiger partial charge in [-0.05, 0) is 59.1 Å². The normalized spacial score (nSPS) is 16.4. The van der Waals surface area contributed by atoms with E-state index in [1.807, 2.05) is 0 Å². The van der Waals surface area contributed by atoms with Gasteiger partial charge in [-0.15, -0.1) is 0 Å². The fourth-order valence-electron chi connectivity index (χ4n) is 3.84. The standard InChI is InChI=1S/C23H21BrF5N3O2/c1-33-18-10-14(19-20(24)32-21(31-19)13-6-8-22(25,26)9-7-13)2-5-17(18)34-12-16-4-3-15(11-30-16)23(27,28)29/h2-5,10-11,13H,6-9,12H2,1H3,(H,31,32). The number of ether oxygens (including phenoxy) is 2. The van der Waals surface area contributed by atoms with Crippen LogP contribution < -0.4 is 9.47 Å². The van der Waals surface area contributed by atoms with Crippen molar-refractivity contribution in [1.29, 1.82) is 0 Å². The number of halogens is 6. The third-order valence-corrected chi connectivity index (χ3v) is 6.34. The fourth-order valence-corrected chi connectivity index (χ4v) is 4.36. The number of nitrogens with one attached hydrogen (secondary N) is 1. The molecule has 0 aliphatic heterocycles. The number of pyridine rings is 1. The molecule has 0 atom stereocenters. The van der Waals surface area contributed by atoms with Gasteiger partial charge in [0.15, 0.2) is 11.5 Å². The molecule has 1 aliphatic carbocycles. The van der Waals surface area contributed by atoms with Crippen molar-refractivity contribution in [2.75, 3.05) is 7.11 Å². The molecule has 0 spiro atoms. The van der Waals surface area contributed by atoms with Crippen molar-refractivity contribution in [3.63, 3.8) is 0 Å². The Hall–Kier alpha value is -2.69. The van der Waals surface area contributed by atoms with Gasteiger partial charge in [0.1, 0.15) is 17.0 Å². The van der Waals surface area contributed by atoms with Gasteiger partial charge in [-0.3, -0.25) is 4.98 Å². The monoisotopic (exact) mass is 545 g/mol. The number of H-pyrrole nitrogens is 1. The molecule has 182 valence electrons. The summed E-state index contributed by atoms with van der Waals surface area (Å²) >= 11 is 3.44. The SMILES string of the molecule is COc1cc(-c2[nH]c(C3CCC(F)(F)CC3)nc2Br)ccc1OCc1ccc(C(F)(F)F)cn1. The van der Waals surface area contributed by atoms with Crippen molar-refractivity contribution < 1.29 is 31.4 Å². The number of aromatic nitrogens is 3. The molecule has 0 radical (unpaired) electrons. The van der Waals surface area contributed by atoms with Gasteiger partial charge in [-0.1, -0.05) is 0 Å². The first-order valence-corrected chi connectivity index (χ1v) is 11.3. The van der Waals surface area contributed by atoms with Crippen LogP contribution in [0.5, 0.6) is 11.5 Å². The molecule has 1 N–H and O–H groups in total. The summed E-state index contributed by atoms with van der Waals surface area (Å²) in [6.45, 7) is -0.0436. The van der Waals surface area contributed by atoms with Crippen LogP contribution in [0.1, 0.15) is 48.7 Å². The highest BCUT2D eigenvalue weighted by Gasteiger charge is 2.36. The van der Waals surface area contributed by atoms with Gasteiger partial charge >= 0.3 is 6.18 Å². The molecule has 34 heavy (non-hydrogen) atoms. The lowest BCUT2D eigenvalue weighted by atomic mass is 9.86. The predicted molar refractivity (Wildman–Crippen MR) is 118 cm³/mol. The highest BCUT2D eigenvalue weighted by Crippen LogP contribution is 2.42. The zero-order valence-electron chi connectivity index (χ0n) is 18.1. The number of nitrogens with zero attached hydrogens (tertiary/aromatic N) is 2. The van der Waals surface area contributed by atoms with Crippen molar-refractivity contribution in [2.24, 2.45) is 0 Å². The third kappa shape index (κ3) is 5.51. The van der Waals surface area contributed by atoms with Crippen LogP contribution in [0.3, 0.4) is 0 Å². The molecule has 11 heteroatoms. The van der Waals surface area contributed by atoms with Crippen molar-refractivity contribution in [2.45, 2.75) is 50.3 Å². The number of hydrogen-bond acceptors (Lipinski definition) is 4. The molecule has 2 aromatic heterocycles. The van der Waals surface area contributed by atoms with Crippen molar-refractivity contribution >= 4 is 15.9 Å². The molecule has 3 aromatic rings. The summed E-state index contributed by atoms with van der Waals surface area (Å²) in [5, 5.41) is 0. The van der Waals surface area contributed by atoms with Gasteiger partial charge < -0.3 is 14.5 Å². The number of rotatable bonds is 6. The lowest BCUT2D eigenvalue weighted by Crippen LogP contribution is -2.24. The number of methoxy groups -OCH3 is 1. The summed E-state index contributed by atoms with van der Waals surface area (Å²) in [5.74, 6) is -1.22. The van der Waals surface area contributed by atoms with E-state index in [0.717, 1.165) is 17.8 Å². The van der Waals surface area contributed by atoms with E-state index in [4.69, 9.17) is 9.47 Å². The van der Waals surface area contributed by atoms with Crippen LogP contribution >= 0.6 is 15.9 Å². The topological polar surface area (TPSA) is 60.0 Å². The van der Waals surface area contributed by atoms with E-state index in [0.29, 0.717) is 46.2 Å². The predicted octanol–water partition coefficient (Wildman–Crippen LogP) is 7.13. The summed E-state index contributed by atoms with van der Waals surface area (Å²) in [6, 6.07) is 7.38. The highest BCUT2D eigenvalue weighted by molar-refractivity contribution is 9.10. The number of benzene rings is 1. The maximum atomic E-state index is 13.5. The van der Waals surface area contributed by atoms with Crippen LogP contribution in [-0.4, -0.2) is 28.0 Å². The van der Waals surface area contributed by atoms with Crippen molar-refractivity contribution in [3.05, 3.63) is 58.2 Å². The minimum atomic E-state index is -4.45. The molecule has 0 saturated heterocycles. The lowest BCUT2D eigenvalue weighted by Gasteiger charge is -2.26. The average Bonchev–Trinajstić information content (AvgIpc) is 3.18. The number of aromatic amines is 1. The molecular weight excluding hydrogens is 525 g/mol. The van der Waals surface area contributed by atoms with Crippen LogP contribution in [0.2, 0.25) is 0 Å². The number of imidazole rings is 1. The molecule has 5 nitrogen and oxygen atoms in total. The Morgan fingerprint density at radius 1 is 1.12 bits per heavy atom. The summed E-state index contributed by atoms with van der Waals surface area (Å²) in [5.41, 5.74) is 0.924. The molecule has 0 amide bonds. The first-order valence-electron chi connectivity index (χ1n) is 10.5. The van der Waals surface area contributed by atoms with Crippen LogP contribution in [0.15, 0.2) is 41.1 Å². The van der Waals surface area contributed by atoms with Gasteiger partial charge in [0, 0.05) is 30.5 Å². The Balaban J connectivity index is 1.48. The van der Waals surface area contributed by atoms with E-state index >= 15 is 0 Å². The van der Waals surface area contributed by atoms with Crippen molar-refractivity contribution in [1.82, 2.24) is 15.0 Å². The van der Waals surface area contributed by atoms with Gasteiger partial charge in [-0.25, -0.2) is 13.8 Å². The number of alkyl halides is 5. The molecule has 0 bridgehead atoms. The Labute approximate surface area is 200 Å². The third-order valence-electron chi connectivity index (χ3n) is 5.76. The summed E-state index contributed by atoms with van der Waals surface area (Å²) < 4.78 is 76.7. The van der Waals surface area contributed by atoms with Crippen LogP contribution in [0.4, 0.5) is 22.0 Å². The lowest BCUT2D eigenvalue weighted by molar-refractivity contribution is -0.137. The second kappa shape index (κ2) is 9.52. The largest absolute Gasteiger partial charge is 0.493 e. The Morgan fingerprint density at radius 2 is 1.85 bits per heavy atom. The smallest absolute Gasteiger partial charge is 0.417 e. The first kappa shape index (κ1) is 24.4. The average molecular weight is 546 g/mol. The Bertz CT molecular complexity index is 1140. The molecule has 1 aliphatic rings. The van der Waals surface area contributed by atoms with E-state index in [1.54, 1.807) is 18.2 Å². The molecule has 1 saturated carbocycles.